The molecule has 0 saturated carbocycles. The molecular weight excluding hydrogens is 594 g/mol. The molecule has 1 aliphatic heterocycles. The van der Waals surface area contributed by atoms with Crippen LogP contribution in [0, 0.1) is 0 Å². The van der Waals surface area contributed by atoms with Crippen molar-refractivity contribution in [1.29, 1.82) is 0 Å². The molecule has 0 bridgehead atoms. The number of nitrogens with two attached hydrogens (primary N) is 1. The van der Waals surface area contributed by atoms with Gasteiger partial charge in [-0.05, 0) is 54.8 Å². The Morgan fingerprint density at radius 2 is 1.30 bits per heavy atom. The molecule has 6 N–H and O–H groups in total. The lowest BCUT2D eigenvalue weighted by molar-refractivity contribution is -0.129. The molecule has 1 fully saturated rings. The van der Waals surface area contributed by atoms with E-state index in [1.54, 1.807) is 0 Å². The third-order valence-corrected chi connectivity index (χ3v) is 8.11. The van der Waals surface area contributed by atoms with E-state index in [4.69, 9.17) is 10.5 Å². The van der Waals surface area contributed by atoms with Crippen molar-refractivity contribution >= 4 is 40.1 Å². The normalized spacial score (nSPS) is 16.4. The summed E-state index contributed by atoms with van der Waals surface area (Å²) in [5, 5.41) is 13.3. The lowest BCUT2D eigenvalue weighted by Crippen LogP contribution is -2.50. The number of carbonyl (C=O) groups is 4. The van der Waals surface area contributed by atoms with E-state index in [1.165, 1.54) is 0 Å². The Labute approximate surface area is 274 Å². The number of hydrogen-bond acceptors (Lipinski definition) is 6. The average molecular weight is 636 g/mol. The van der Waals surface area contributed by atoms with Gasteiger partial charge in [0.25, 0.3) is 11.8 Å². The summed E-state index contributed by atoms with van der Waals surface area (Å²) in [7, 11) is 0. The molecule has 4 atom stereocenters. The van der Waals surface area contributed by atoms with Crippen molar-refractivity contribution in [2.24, 2.45) is 5.73 Å². The maximum atomic E-state index is 13.4. The molecule has 0 spiro atoms. The highest BCUT2D eigenvalue weighted by Crippen LogP contribution is 2.25. The Morgan fingerprint density at radius 1 is 0.681 bits per heavy atom. The SMILES string of the molecule is NCCCC[C@H](NC(=O)C1OC1C(=O)N[C@@H](Cc1ccccc1)C(=O)NCCc1ccccc1)C(=O)Nc1cccc2ccccc12. The molecule has 4 aromatic rings. The van der Waals surface area contributed by atoms with Crippen LogP contribution in [0.5, 0.6) is 0 Å². The number of fused-ring (bicyclic) bond motifs is 1. The summed E-state index contributed by atoms with van der Waals surface area (Å²) in [5.41, 5.74) is 8.27. The highest BCUT2D eigenvalue weighted by Gasteiger charge is 2.51. The van der Waals surface area contributed by atoms with E-state index in [0.29, 0.717) is 44.5 Å². The molecule has 47 heavy (non-hydrogen) atoms. The predicted octanol–water partition coefficient (Wildman–Crippen LogP) is 3.25. The summed E-state index contributed by atoms with van der Waals surface area (Å²) in [5.74, 6) is -1.83. The van der Waals surface area contributed by atoms with Crippen molar-refractivity contribution in [2.45, 2.75) is 56.4 Å². The molecule has 4 aromatic carbocycles. The van der Waals surface area contributed by atoms with Crippen molar-refractivity contribution in [3.05, 3.63) is 114 Å². The van der Waals surface area contributed by atoms with Gasteiger partial charge in [-0.15, -0.1) is 0 Å². The minimum absolute atomic E-state index is 0.269. The fourth-order valence-corrected chi connectivity index (χ4v) is 5.49. The quantitative estimate of drug-likeness (QED) is 0.0941. The Hall–Kier alpha value is -5.06. The van der Waals surface area contributed by atoms with Crippen molar-refractivity contribution in [1.82, 2.24) is 16.0 Å². The van der Waals surface area contributed by atoms with E-state index < -0.39 is 36.1 Å². The largest absolute Gasteiger partial charge is 0.354 e. The molecule has 2 unspecified atom stereocenters. The number of unbranched alkanes of at least 4 members (excludes halogenated alkanes) is 1. The molecule has 0 radical (unpaired) electrons. The summed E-state index contributed by atoms with van der Waals surface area (Å²) in [4.78, 5) is 53.1. The fraction of sp³-hybridized carbons (Fsp3) is 0.297. The van der Waals surface area contributed by atoms with E-state index in [0.717, 1.165) is 21.9 Å². The maximum absolute atomic E-state index is 13.4. The second kappa shape index (κ2) is 16.5. The summed E-state index contributed by atoms with van der Waals surface area (Å²) in [6.07, 6.45) is 0.450. The Bertz CT molecular complexity index is 1660. The van der Waals surface area contributed by atoms with Gasteiger partial charge in [-0.2, -0.15) is 0 Å². The number of carbonyl (C=O) groups excluding carboxylic acids is 4. The number of hydrogen-bond donors (Lipinski definition) is 5. The molecule has 4 amide bonds. The number of amides is 4. The van der Waals surface area contributed by atoms with Crippen molar-refractivity contribution in [3.8, 4) is 0 Å². The predicted molar refractivity (Wildman–Crippen MR) is 181 cm³/mol. The third kappa shape index (κ3) is 9.48. The molecule has 0 aromatic heterocycles. The number of anilines is 1. The van der Waals surface area contributed by atoms with Gasteiger partial charge < -0.3 is 31.7 Å². The first-order valence-corrected chi connectivity index (χ1v) is 16.0. The molecule has 1 heterocycles. The molecule has 10 nitrogen and oxygen atoms in total. The number of ether oxygens (including phenoxy) is 1. The molecular formula is C37H41N5O5. The van der Waals surface area contributed by atoms with Gasteiger partial charge in [0.15, 0.2) is 12.2 Å². The van der Waals surface area contributed by atoms with Crippen LogP contribution in [0.2, 0.25) is 0 Å². The van der Waals surface area contributed by atoms with E-state index in [-0.39, 0.29) is 18.2 Å². The molecule has 10 heteroatoms. The van der Waals surface area contributed by atoms with Crippen molar-refractivity contribution < 1.29 is 23.9 Å². The van der Waals surface area contributed by atoms with E-state index in [1.807, 2.05) is 103 Å². The second-order valence-electron chi connectivity index (χ2n) is 11.6. The number of epoxide rings is 1. The topological polar surface area (TPSA) is 155 Å². The van der Waals surface area contributed by atoms with Gasteiger partial charge in [-0.1, -0.05) is 97.1 Å². The fourth-order valence-electron chi connectivity index (χ4n) is 5.49. The average Bonchev–Trinajstić information content (AvgIpc) is 3.90. The van der Waals surface area contributed by atoms with Crippen molar-refractivity contribution in [2.75, 3.05) is 18.4 Å². The van der Waals surface area contributed by atoms with Gasteiger partial charge in [0.1, 0.15) is 12.1 Å². The van der Waals surface area contributed by atoms with Gasteiger partial charge in [-0.3, -0.25) is 19.2 Å². The highest BCUT2D eigenvalue weighted by molar-refractivity contribution is 6.05. The molecule has 1 aliphatic rings. The van der Waals surface area contributed by atoms with Gasteiger partial charge >= 0.3 is 0 Å². The summed E-state index contributed by atoms with van der Waals surface area (Å²) >= 11 is 0. The number of rotatable bonds is 16. The minimum Gasteiger partial charge on any atom is -0.354 e. The van der Waals surface area contributed by atoms with Gasteiger partial charge in [0.05, 0.1) is 0 Å². The highest BCUT2D eigenvalue weighted by atomic mass is 16.6. The second-order valence-corrected chi connectivity index (χ2v) is 11.6. The van der Waals surface area contributed by atoms with Crippen LogP contribution < -0.4 is 27.0 Å². The lowest BCUT2D eigenvalue weighted by Gasteiger charge is -2.19. The summed E-state index contributed by atoms with van der Waals surface area (Å²) in [6, 6.07) is 30.8. The van der Waals surface area contributed by atoms with Gasteiger partial charge in [0.2, 0.25) is 11.8 Å². The lowest BCUT2D eigenvalue weighted by atomic mass is 10.0. The molecule has 1 saturated heterocycles. The summed E-state index contributed by atoms with van der Waals surface area (Å²) in [6.45, 7) is 0.866. The first-order chi connectivity index (χ1) is 22.9. The molecule has 0 aliphatic carbocycles. The van der Waals surface area contributed by atoms with Crippen LogP contribution in [0.1, 0.15) is 30.4 Å². The van der Waals surface area contributed by atoms with Crippen LogP contribution in [0.25, 0.3) is 10.8 Å². The monoisotopic (exact) mass is 635 g/mol. The van der Waals surface area contributed by atoms with E-state index in [9.17, 15) is 19.2 Å². The maximum Gasteiger partial charge on any atom is 0.253 e. The van der Waals surface area contributed by atoms with Crippen LogP contribution in [-0.4, -0.2) is 61.0 Å². The third-order valence-electron chi connectivity index (χ3n) is 8.11. The van der Waals surface area contributed by atoms with Crippen LogP contribution in [0.15, 0.2) is 103 Å². The van der Waals surface area contributed by atoms with Crippen molar-refractivity contribution in [3.63, 3.8) is 0 Å². The Kier molecular flexibility index (Phi) is 11.7. The Morgan fingerprint density at radius 3 is 2.00 bits per heavy atom. The van der Waals surface area contributed by atoms with Crippen LogP contribution in [0.4, 0.5) is 5.69 Å². The van der Waals surface area contributed by atoms with Crippen LogP contribution in [0.3, 0.4) is 0 Å². The zero-order valence-electron chi connectivity index (χ0n) is 26.2. The minimum atomic E-state index is -1.07. The van der Waals surface area contributed by atoms with E-state index >= 15 is 0 Å². The zero-order valence-corrected chi connectivity index (χ0v) is 26.2. The number of benzene rings is 4. The zero-order chi connectivity index (χ0) is 33.0. The smallest absolute Gasteiger partial charge is 0.253 e. The Balaban J connectivity index is 1.19. The first-order valence-electron chi connectivity index (χ1n) is 16.0. The standard InChI is InChI=1S/C37H41N5O5/c38-22-10-9-19-30(35(44)40-29-20-11-17-27-16-7-8-18-28(27)29)41-36(45)32-33(47-32)37(46)42-31(24-26-14-5-2-6-15-26)34(43)39-23-21-25-12-3-1-4-13-25/h1-8,11-18,20,30-33H,9-10,19,21-24,38H2,(H,39,43)(H,40,44)(H,41,45)(H,42,46)/t30-,31-,32?,33?/m0/s1. The molecule has 5 rings (SSSR count). The van der Waals surface area contributed by atoms with E-state index in [2.05, 4.69) is 21.3 Å². The first kappa shape index (κ1) is 33.3. The number of nitrogens with one attached hydrogen (secondary N) is 4. The van der Waals surface area contributed by atoms with Gasteiger partial charge in [-0.25, -0.2) is 0 Å². The van der Waals surface area contributed by atoms with Gasteiger partial charge in [0, 0.05) is 24.0 Å². The van der Waals surface area contributed by atoms with Crippen LogP contribution in [-0.2, 0) is 36.8 Å². The van der Waals surface area contributed by atoms with Crippen LogP contribution >= 0.6 is 0 Å². The molecule has 244 valence electrons. The summed E-state index contributed by atoms with van der Waals surface area (Å²) < 4.78 is 5.49.